The molecule has 2 N–H and O–H groups in total. The van der Waals surface area contributed by atoms with Crippen molar-refractivity contribution in [3.63, 3.8) is 0 Å². The monoisotopic (exact) mass is 347 g/mol. The van der Waals surface area contributed by atoms with Crippen LogP contribution in [0.25, 0.3) is 0 Å². The van der Waals surface area contributed by atoms with Gasteiger partial charge in [0, 0.05) is 39.3 Å². The number of guanidine groups is 1. The van der Waals surface area contributed by atoms with Crippen molar-refractivity contribution in [2.75, 3.05) is 26.8 Å². The molecule has 140 valence electrons. The van der Waals surface area contributed by atoms with Crippen molar-refractivity contribution in [3.05, 3.63) is 24.2 Å². The van der Waals surface area contributed by atoms with Crippen LogP contribution >= 0.6 is 0 Å². The molecule has 2 saturated carbocycles. The highest BCUT2D eigenvalue weighted by Crippen LogP contribution is 2.44. The van der Waals surface area contributed by atoms with Crippen molar-refractivity contribution in [1.82, 2.24) is 10.6 Å². The first-order chi connectivity index (χ1) is 12.3. The van der Waals surface area contributed by atoms with Crippen LogP contribution in [0.5, 0.6) is 0 Å². The molecule has 25 heavy (non-hydrogen) atoms. The first-order valence-electron chi connectivity index (χ1n) is 9.86. The molecule has 0 amide bonds. The zero-order valence-electron chi connectivity index (χ0n) is 15.6. The van der Waals surface area contributed by atoms with Crippen LogP contribution in [-0.4, -0.2) is 38.8 Å². The Hall–Kier alpha value is -1.49. The number of methoxy groups -OCH3 is 1. The molecule has 5 nitrogen and oxygen atoms in total. The summed E-state index contributed by atoms with van der Waals surface area (Å²) >= 11 is 0. The van der Waals surface area contributed by atoms with Gasteiger partial charge in [-0.05, 0) is 49.7 Å². The van der Waals surface area contributed by atoms with Gasteiger partial charge in [0.2, 0.25) is 0 Å². The minimum Gasteiger partial charge on any atom is -0.469 e. The van der Waals surface area contributed by atoms with E-state index in [4.69, 9.17) is 14.1 Å². The molecular weight excluding hydrogens is 314 g/mol. The van der Waals surface area contributed by atoms with E-state index in [-0.39, 0.29) is 0 Å². The van der Waals surface area contributed by atoms with E-state index in [2.05, 4.69) is 10.6 Å². The topological polar surface area (TPSA) is 58.8 Å². The average molecular weight is 348 g/mol. The van der Waals surface area contributed by atoms with Crippen molar-refractivity contribution in [3.8, 4) is 0 Å². The van der Waals surface area contributed by atoms with Crippen LogP contribution in [0, 0.1) is 5.41 Å². The minimum atomic E-state index is 0.362. The Morgan fingerprint density at radius 1 is 1.32 bits per heavy atom. The fraction of sp³-hybridized carbons (Fsp3) is 0.750. The third-order valence-corrected chi connectivity index (χ3v) is 5.76. The van der Waals surface area contributed by atoms with Gasteiger partial charge in [-0.25, -0.2) is 0 Å². The Kier molecular flexibility index (Phi) is 6.79. The third-order valence-electron chi connectivity index (χ3n) is 5.76. The first-order valence-corrected chi connectivity index (χ1v) is 9.86. The van der Waals surface area contributed by atoms with Gasteiger partial charge in [0.15, 0.2) is 5.96 Å². The van der Waals surface area contributed by atoms with Gasteiger partial charge in [0.05, 0.1) is 6.26 Å². The lowest BCUT2D eigenvalue weighted by atomic mass is 9.67. The van der Waals surface area contributed by atoms with E-state index in [1.807, 2.05) is 12.1 Å². The molecule has 2 fully saturated rings. The van der Waals surface area contributed by atoms with Crippen LogP contribution in [0.1, 0.15) is 57.1 Å². The molecule has 2 aliphatic carbocycles. The van der Waals surface area contributed by atoms with Crippen molar-refractivity contribution >= 4 is 5.96 Å². The number of hydrogen-bond acceptors (Lipinski definition) is 3. The van der Waals surface area contributed by atoms with Gasteiger partial charge in [-0.15, -0.1) is 0 Å². The molecule has 0 bridgehead atoms. The van der Waals surface area contributed by atoms with E-state index in [1.165, 1.54) is 44.9 Å². The van der Waals surface area contributed by atoms with Gasteiger partial charge in [0.25, 0.3) is 0 Å². The number of rotatable bonds is 9. The normalized spacial score (nSPS) is 20.4. The van der Waals surface area contributed by atoms with Gasteiger partial charge in [-0.3, -0.25) is 4.99 Å². The van der Waals surface area contributed by atoms with Crippen molar-refractivity contribution in [2.24, 2.45) is 10.4 Å². The summed E-state index contributed by atoms with van der Waals surface area (Å²) in [5, 5.41) is 7.16. The standard InChI is InChI=1S/C20H33N3O2/c1-24-15-12-20(10-5-11-20)16-22-19(23-17-6-2-3-7-17)21-13-9-18-8-4-14-25-18/h4,8,14,17H,2-3,5-7,9-13,15-16H2,1H3,(H2,21,22,23). The van der Waals surface area contributed by atoms with Crippen LogP contribution in [0.2, 0.25) is 0 Å². The number of hydrogen-bond donors (Lipinski definition) is 2. The van der Waals surface area contributed by atoms with Gasteiger partial charge in [0.1, 0.15) is 5.76 Å². The number of nitrogens with one attached hydrogen (secondary N) is 2. The molecule has 0 atom stereocenters. The summed E-state index contributed by atoms with van der Waals surface area (Å²) < 4.78 is 10.7. The van der Waals surface area contributed by atoms with Crippen LogP contribution < -0.4 is 10.6 Å². The summed E-state index contributed by atoms with van der Waals surface area (Å²) in [6.45, 7) is 2.59. The maximum absolute atomic E-state index is 5.42. The second-order valence-corrected chi connectivity index (χ2v) is 7.64. The lowest BCUT2D eigenvalue weighted by Gasteiger charge is -2.41. The molecule has 0 aromatic carbocycles. The lowest BCUT2D eigenvalue weighted by molar-refractivity contribution is 0.0778. The summed E-state index contributed by atoms with van der Waals surface area (Å²) in [4.78, 5) is 4.96. The van der Waals surface area contributed by atoms with Gasteiger partial charge in [-0.2, -0.15) is 0 Å². The number of furan rings is 1. The van der Waals surface area contributed by atoms with Crippen molar-refractivity contribution in [1.29, 1.82) is 0 Å². The molecule has 1 heterocycles. The first kappa shape index (κ1) is 18.3. The third kappa shape index (κ3) is 5.50. The van der Waals surface area contributed by atoms with E-state index in [0.29, 0.717) is 11.5 Å². The molecule has 0 saturated heterocycles. The minimum absolute atomic E-state index is 0.362. The Bertz CT molecular complexity index is 517. The van der Waals surface area contributed by atoms with Gasteiger partial charge < -0.3 is 19.8 Å². The molecule has 2 aliphatic rings. The summed E-state index contributed by atoms with van der Waals surface area (Å²) in [5.41, 5.74) is 0.362. The molecule has 1 aromatic heterocycles. The zero-order valence-corrected chi connectivity index (χ0v) is 15.6. The van der Waals surface area contributed by atoms with Crippen LogP contribution in [-0.2, 0) is 11.2 Å². The highest BCUT2D eigenvalue weighted by Gasteiger charge is 2.36. The molecular formula is C20H33N3O2. The highest BCUT2D eigenvalue weighted by molar-refractivity contribution is 5.80. The van der Waals surface area contributed by atoms with Crippen molar-refractivity contribution < 1.29 is 9.15 Å². The van der Waals surface area contributed by atoms with Gasteiger partial charge in [-0.1, -0.05) is 19.3 Å². The van der Waals surface area contributed by atoms with Crippen LogP contribution in [0.4, 0.5) is 0 Å². The summed E-state index contributed by atoms with van der Waals surface area (Å²) in [5.74, 6) is 1.99. The molecule has 0 unspecified atom stereocenters. The van der Waals surface area contributed by atoms with E-state index in [0.717, 1.165) is 44.3 Å². The Morgan fingerprint density at radius 3 is 2.80 bits per heavy atom. The maximum atomic E-state index is 5.42. The zero-order chi connectivity index (χ0) is 17.4. The molecule has 0 aliphatic heterocycles. The average Bonchev–Trinajstić information content (AvgIpc) is 3.27. The second-order valence-electron chi connectivity index (χ2n) is 7.64. The summed E-state index contributed by atoms with van der Waals surface area (Å²) in [6, 6.07) is 4.54. The lowest BCUT2D eigenvalue weighted by Crippen LogP contribution is -2.44. The Labute approximate surface area is 151 Å². The van der Waals surface area contributed by atoms with Gasteiger partial charge >= 0.3 is 0 Å². The smallest absolute Gasteiger partial charge is 0.191 e. The molecule has 1 aromatic rings. The van der Waals surface area contributed by atoms with E-state index in [9.17, 15) is 0 Å². The fourth-order valence-electron chi connectivity index (χ4n) is 3.90. The molecule has 0 spiro atoms. The predicted molar refractivity (Wildman–Crippen MR) is 101 cm³/mol. The van der Waals surface area contributed by atoms with E-state index >= 15 is 0 Å². The molecule has 0 radical (unpaired) electrons. The maximum Gasteiger partial charge on any atom is 0.191 e. The van der Waals surface area contributed by atoms with Crippen LogP contribution in [0.3, 0.4) is 0 Å². The van der Waals surface area contributed by atoms with Crippen molar-refractivity contribution in [2.45, 2.75) is 63.8 Å². The van der Waals surface area contributed by atoms with E-state index in [1.54, 1.807) is 13.4 Å². The number of nitrogens with zero attached hydrogens (tertiary/aromatic N) is 1. The quantitative estimate of drug-likeness (QED) is 0.530. The Balaban J connectivity index is 1.54. The summed E-state index contributed by atoms with van der Waals surface area (Å²) in [6.07, 6.45) is 12.8. The largest absolute Gasteiger partial charge is 0.469 e. The number of ether oxygens (including phenoxy) is 1. The molecule has 3 rings (SSSR count). The Morgan fingerprint density at radius 2 is 2.16 bits per heavy atom. The van der Waals surface area contributed by atoms with Crippen LogP contribution in [0.15, 0.2) is 27.8 Å². The highest BCUT2D eigenvalue weighted by atomic mass is 16.5. The SMILES string of the molecule is COCCC1(CN=C(NCCc2ccco2)NC2CCCC2)CCC1. The summed E-state index contributed by atoms with van der Waals surface area (Å²) in [7, 11) is 1.79. The van der Waals surface area contributed by atoms with E-state index < -0.39 is 0 Å². The number of aliphatic imine (C=N–C) groups is 1. The molecule has 5 heteroatoms. The predicted octanol–water partition coefficient (Wildman–Crippen LogP) is 3.51. The second kappa shape index (κ2) is 9.27. The fourth-order valence-corrected chi connectivity index (χ4v) is 3.90.